The van der Waals surface area contributed by atoms with Crippen molar-refractivity contribution in [3.8, 4) is 0 Å². The average Bonchev–Trinajstić information content (AvgIpc) is 3.07. The molecule has 0 saturated carbocycles. The largest absolute Gasteiger partial charge is 0.379 e. The number of aromatic nitrogens is 2. The summed E-state index contributed by atoms with van der Waals surface area (Å²) < 4.78 is 15.0. The highest BCUT2D eigenvalue weighted by Gasteiger charge is 2.36. The molecule has 0 amide bonds. The molecule has 9 heteroatoms. The van der Waals surface area contributed by atoms with E-state index < -0.39 is 6.49 Å². The molecule has 4 heterocycles. The lowest BCUT2D eigenvalue weighted by Crippen LogP contribution is -2.36. The Labute approximate surface area is 133 Å². The molecule has 1 N–H and O–H groups in total. The van der Waals surface area contributed by atoms with Crippen LogP contribution in [0.4, 0.5) is 5.82 Å². The summed E-state index contributed by atoms with van der Waals surface area (Å²) in [6, 6.07) is 0. The van der Waals surface area contributed by atoms with Gasteiger partial charge in [-0.05, 0) is 24.5 Å². The van der Waals surface area contributed by atoms with Crippen molar-refractivity contribution in [1.29, 1.82) is 0 Å². The number of hydrogen-bond donors (Lipinski definition) is 1. The Morgan fingerprint density at radius 3 is 2.90 bits per heavy atom. The van der Waals surface area contributed by atoms with Gasteiger partial charge >= 0.3 is 0 Å². The van der Waals surface area contributed by atoms with E-state index in [1.54, 1.807) is 11.8 Å². The van der Waals surface area contributed by atoms with Gasteiger partial charge in [0.25, 0.3) is 0 Å². The molecule has 0 aromatic carbocycles. The van der Waals surface area contributed by atoms with Crippen LogP contribution >= 0.6 is 18.3 Å². The molecule has 3 aliphatic rings. The van der Waals surface area contributed by atoms with Gasteiger partial charge in [0.15, 0.2) is 5.82 Å². The standard InChI is InChI=1S/C12H18N5OPS2/c1-21-12-10-11(13-9-3-2-4-17(9)10)14-19(20,15-12)16-5-7-18-8-6-16/h2-8H2,1H3,(H,14,15,20)/t19-/m0/s1. The Balaban J connectivity index is 1.76. The highest BCUT2D eigenvalue weighted by molar-refractivity contribution is 8.17. The summed E-state index contributed by atoms with van der Waals surface area (Å²) in [5, 5.41) is 4.54. The molecule has 1 fully saturated rings. The van der Waals surface area contributed by atoms with Gasteiger partial charge in [-0.15, -0.1) is 11.8 Å². The summed E-state index contributed by atoms with van der Waals surface area (Å²) in [5.41, 5.74) is 1.14. The number of morpholine rings is 1. The van der Waals surface area contributed by atoms with Crippen molar-refractivity contribution in [2.24, 2.45) is 4.76 Å². The van der Waals surface area contributed by atoms with Crippen molar-refractivity contribution < 1.29 is 4.74 Å². The molecule has 1 saturated heterocycles. The predicted molar refractivity (Wildman–Crippen MR) is 90.9 cm³/mol. The minimum absolute atomic E-state index is 0.733. The SMILES string of the molecule is CSC1=N[P@](=S)(N2CCOCC2)Nc2nc3n(c21)CCC3. The van der Waals surface area contributed by atoms with Gasteiger partial charge in [0.2, 0.25) is 6.49 Å². The van der Waals surface area contributed by atoms with Crippen molar-refractivity contribution in [1.82, 2.24) is 14.2 Å². The van der Waals surface area contributed by atoms with Crippen LogP contribution in [-0.2, 0) is 29.5 Å². The fraction of sp³-hybridized carbons (Fsp3) is 0.667. The number of ether oxygens (including phenoxy) is 1. The molecule has 1 aromatic rings. The van der Waals surface area contributed by atoms with E-state index >= 15 is 0 Å². The van der Waals surface area contributed by atoms with E-state index in [1.807, 2.05) is 0 Å². The fourth-order valence-electron chi connectivity index (χ4n) is 3.05. The first-order valence-corrected chi connectivity index (χ1v) is 11.1. The summed E-state index contributed by atoms with van der Waals surface area (Å²) in [4.78, 5) is 4.78. The second-order valence-corrected chi connectivity index (χ2v) is 9.71. The Morgan fingerprint density at radius 2 is 2.14 bits per heavy atom. The minimum atomic E-state index is -2.16. The summed E-state index contributed by atoms with van der Waals surface area (Å²) in [6.45, 7) is 2.04. The molecule has 0 aliphatic carbocycles. The van der Waals surface area contributed by atoms with Gasteiger partial charge in [0.1, 0.15) is 16.6 Å². The zero-order valence-electron chi connectivity index (χ0n) is 11.9. The number of thioether (sulfide) groups is 1. The molecule has 0 radical (unpaired) electrons. The summed E-state index contributed by atoms with van der Waals surface area (Å²) in [5.74, 6) is 2.11. The van der Waals surface area contributed by atoms with Crippen LogP contribution in [0.1, 0.15) is 17.9 Å². The number of anilines is 1. The number of nitrogens with one attached hydrogen (secondary N) is 1. The Bertz CT molecular complexity index is 652. The highest BCUT2D eigenvalue weighted by Crippen LogP contribution is 2.55. The molecule has 1 atom stereocenters. The van der Waals surface area contributed by atoms with E-state index in [0.29, 0.717) is 0 Å². The molecule has 3 aliphatic heterocycles. The van der Waals surface area contributed by atoms with E-state index in [2.05, 4.69) is 20.6 Å². The quantitative estimate of drug-likeness (QED) is 0.787. The summed E-state index contributed by atoms with van der Waals surface area (Å²) in [6.07, 6.45) is 4.30. The third kappa shape index (κ3) is 2.28. The smallest absolute Gasteiger partial charge is 0.212 e. The first-order valence-electron chi connectivity index (χ1n) is 7.17. The number of hydrogen-bond acceptors (Lipinski definition) is 4. The number of rotatable bonds is 1. The Kier molecular flexibility index (Phi) is 3.62. The van der Waals surface area contributed by atoms with Crippen molar-refractivity contribution in [3.05, 3.63) is 11.5 Å². The normalized spacial score (nSPS) is 28.7. The van der Waals surface area contributed by atoms with E-state index in [9.17, 15) is 0 Å². The van der Waals surface area contributed by atoms with Crippen LogP contribution in [0, 0.1) is 0 Å². The van der Waals surface area contributed by atoms with Crippen molar-refractivity contribution in [2.45, 2.75) is 19.4 Å². The van der Waals surface area contributed by atoms with E-state index in [-0.39, 0.29) is 0 Å². The van der Waals surface area contributed by atoms with Crippen LogP contribution in [0.15, 0.2) is 4.76 Å². The molecule has 0 unspecified atom stereocenters. The van der Waals surface area contributed by atoms with E-state index in [0.717, 1.165) is 55.8 Å². The Hall–Kier alpha value is -0.400. The monoisotopic (exact) mass is 343 g/mol. The second-order valence-electron chi connectivity index (χ2n) is 5.31. The second kappa shape index (κ2) is 5.35. The predicted octanol–water partition coefficient (Wildman–Crippen LogP) is 1.92. The number of nitrogens with zero attached hydrogens (tertiary/aromatic N) is 4. The third-order valence-electron chi connectivity index (χ3n) is 4.07. The van der Waals surface area contributed by atoms with Gasteiger partial charge in [-0.2, -0.15) is 0 Å². The summed E-state index contributed by atoms with van der Waals surface area (Å²) in [7, 11) is 0. The molecule has 114 valence electrons. The van der Waals surface area contributed by atoms with Crippen LogP contribution in [0.3, 0.4) is 0 Å². The third-order valence-corrected chi connectivity index (χ3v) is 8.23. The van der Waals surface area contributed by atoms with Gasteiger partial charge in [0, 0.05) is 26.1 Å². The number of fused-ring (bicyclic) bond motifs is 3. The van der Waals surface area contributed by atoms with Gasteiger partial charge in [-0.3, -0.25) is 0 Å². The van der Waals surface area contributed by atoms with Crippen LogP contribution in [0.2, 0.25) is 0 Å². The van der Waals surface area contributed by atoms with Crippen molar-refractivity contribution >= 4 is 40.9 Å². The first kappa shape index (κ1) is 14.2. The molecule has 6 nitrogen and oxygen atoms in total. The van der Waals surface area contributed by atoms with Gasteiger partial charge in [-0.25, -0.2) is 14.4 Å². The zero-order chi connectivity index (χ0) is 14.4. The van der Waals surface area contributed by atoms with Gasteiger partial charge < -0.3 is 14.4 Å². The van der Waals surface area contributed by atoms with Crippen LogP contribution < -0.4 is 5.09 Å². The van der Waals surface area contributed by atoms with Gasteiger partial charge in [-0.1, -0.05) is 0 Å². The van der Waals surface area contributed by atoms with E-state index in [4.69, 9.17) is 26.3 Å². The van der Waals surface area contributed by atoms with Gasteiger partial charge in [0.05, 0.1) is 13.2 Å². The van der Waals surface area contributed by atoms with Crippen LogP contribution in [0.5, 0.6) is 0 Å². The first-order chi connectivity index (χ1) is 10.2. The average molecular weight is 343 g/mol. The maximum absolute atomic E-state index is 5.92. The maximum atomic E-state index is 5.92. The molecule has 0 spiro atoms. The lowest BCUT2D eigenvalue weighted by Gasteiger charge is -2.37. The van der Waals surface area contributed by atoms with Crippen LogP contribution in [-0.4, -0.2) is 51.8 Å². The van der Waals surface area contributed by atoms with Crippen molar-refractivity contribution in [2.75, 3.05) is 37.6 Å². The lowest BCUT2D eigenvalue weighted by atomic mass is 10.3. The molecule has 0 bridgehead atoms. The van der Waals surface area contributed by atoms with Crippen molar-refractivity contribution in [3.63, 3.8) is 0 Å². The topological polar surface area (TPSA) is 54.7 Å². The lowest BCUT2D eigenvalue weighted by molar-refractivity contribution is 0.0747. The molecular weight excluding hydrogens is 325 g/mol. The Morgan fingerprint density at radius 1 is 1.33 bits per heavy atom. The number of aryl methyl sites for hydroxylation is 1. The molecule has 21 heavy (non-hydrogen) atoms. The number of imidazole rings is 1. The zero-order valence-corrected chi connectivity index (χ0v) is 14.4. The maximum Gasteiger partial charge on any atom is 0.212 e. The highest BCUT2D eigenvalue weighted by atomic mass is 32.4. The molecule has 1 aromatic heterocycles. The summed E-state index contributed by atoms with van der Waals surface area (Å²) >= 11 is 7.60. The molecular formula is C12H18N5OPS2. The van der Waals surface area contributed by atoms with E-state index in [1.165, 1.54) is 12.2 Å². The fourth-order valence-corrected chi connectivity index (χ4v) is 7.08. The minimum Gasteiger partial charge on any atom is -0.379 e. The van der Waals surface area contributed by atoms with Crippen LogP contribution in [0.25, 0.3) is 0 Å². The molecule has 4 rings (SSSR count).